The molecule has 1 aromatic heterocycles. The summed E-state index contributed by atoms with van der Waals surface area (Å²) in [5.74, 6) is 0.582. The summed E-state index contributed by atoms with van der Waals surface area (Å²) in [6.45, 7) is 6.99. The third-order valence-corrected chi connectivity index (χ3v) is 7.26. The van der Waals surface area contributed by atoms with Gasteiger partial charge in [0, 0.05) is 50.3 Å². The molecule has 5 nitrogen and oxygen atoms in total. The molecule has 3 heterocycles. The van der Waals surface area contributed by atoms with E-state index in [1.165, 1.54) is 29.0 Å². The van der Waals surface area contributed by atoms with E-state index < -0.39 is 0 Å². The van der Waals surface area contributed by atoms with Crippen LogP contribution in [0.2, 0.25) is 0 Å². The van der Waals surface area contributed by atoms with E-state index in [0.717, 1.165) is 52.1 Å². The summed E-state index contributed by atoms with van der Waals surface area (Å²) in [7, 11) is 1.90. The van der Waals surface area contributed by atoms with E-state index in [1.54, 1.807) is 0 Å². The number of rotatable bonds is 7. The Morgan fingerprint density at radius 3 is 2.60 bits per heavy atom. The summed E-state index contributed by atoms with van der Waals surface area (Å²) in [5.41, 5.74) is 2.52. The molecule has 0 radical (unpaired) electrons. The van der Waals surface area contributed by atoms with Crippen LogP contribution >= 0.6 is 11.3 Å². The molecule has 4 rings (SSSR count). The highest BCUT2D eigenvalue weighted by molar-refractivity contribution is 7.09. The molecular formula is C24H34N4OS. The average Bonchev–Trinajstić information content (AvgIpc) is 3.48. The van der Waals surface area contributed by atoms with Crippen molar-refractivity contribution in [2.75, 3.05) is 44.7 Å². The Bertz CT molecular complexity index is 795. The number of urea groups is 1. The molecule has 2 aromatic rings. The lowest BCUT2D eigenvalue weighted by Crippen LogP contribution is -2.42. The van der Waals surface area contributed by atoms with Crippen LogP contribution in [0.25, 0.3) is 0 Å². The third-order valence-electron chi connectivity index (χ3n) is 6.40. The van der Waals surface area contributed by atoms with Crippen LogP contribution in [0.4, 0.5) is 10.5 Å². The first kappa shape index (κ1) is 21.2. The Labute approximate surface area is 184 Å². The first-order chi connectivity index (χ1) is 14.7. The van der Waals surface area contributed by atoms with Gasteiger partial charge in [-0.1, -0.05) is 24.3 Å². The van der Waals surface area contributed by atoms with Crippen molar-refractivity contribution in [1.82, 2.24) is 15.1 Å². The number of likely N-dealkylation sites (tertiary alicyclic amines) is 1. The zero-order chi connectivity index (χ0) is 20.8. The van der Waals surface area contributed by atoms with Crippen molar-refractivity contribution in [1.29, 1.82) is 0 Å². The number of hydrogen-bond donors (Lipinski definition) is 1. The highest BCUT2D eigenvalue weighted by Crippen LogP contribution is 2.25. The van der Waals surface area contributed by atoms with Gasteiger partial charge in [-0.15, -0.1) is 11.3 Å². The Kier molecular flexibility index (Phi) is 7.28. The monoisotopic (exact) mass is 426 g/mol. The van der Waals surface area contributed by atoms with Crippen LogP contribution in [0.1, 0.15) is 36.1 Å². The minimum atomic E-state index is 0.0345. The number of hydrogen-bond acceptors (Lipinski definition) is 4. The lowest BCUT2D eigenvalue weighted by Gasteiger charge is -2.32. The van der Waals surface area contributed by atoms with Gasteiger partial charge < -0.3 is 15.1 Å². The molecule has 0 unspecified atom stereocenters. The highest BCUT2D eigenvalue weighted by Gasteiger charge is 2.21. The number of nitrogens with zero attached hydrogens (tertiary/aromatic N) is 3. The molecule has 2 saturated heterocycles. The van der Waals surface area contributed by atoms with Crippen molar-refractivity contribution in [3.63, 3.8) is 0 Å². The summed E-state index contributed by atoms with van der Waals surface area (Å²) in [5, 5.41) is 5.33. The Morgan fingerprint density at radius 1 is 1.10 bits per heavy atom. The zero-order valence-corrected chi connectivity index (χ0v) is 18.9. The Hall–Kier alpha value is -2.05. The molecule has 0 saturated carbocycles. The molecule has 2 amide bonds. The predicted molar refractivity (Wildman–Crippen MR) is 125 cm³/mol. The number of benzene rings is 1. The van der Waals surface area contributed by atoms with E-state index in [1.807, 2.05) is 23.3 Å². The van der Waals surface area contributed by atoms with Crippen LogP contribution < -0.4 is 10.2 Å². The van der Waals surface area contributed by atoms with Crippen LogP contribution in [-0.4, -0.2) is 55.6 Å². The normalized spacial score (nSPS) is 18.0. The molecule has 6 heteroatoms. The number of carbonyl (C=O) groups is 1. The fraction of sp³-hybridized carbons (Fsp3) is 0.542. The fourth-order valence-electron chi connectivity index (χ4n) is 4.58. The van der Waals surface area contributed by atoms with Gasteiger partial charge in [-0.2, -0.15) is 0 Å². The topological polar surface area (TPSA) is 38.8 Å². The summed E-state index contributed by atoms with van der Waals surface area (Å²) in [6, 6.07) is 12.9. The van der Waals surface area contributed by atoms with Crippen molar-refractivity contribution >= 4 is 23.1 Å². The van der Waals surface area contributed by atoms with E-state index in [2.05, 4.69) is 56.9 Å². The second-order valence-corrected chi connectivity index (χ2v) is 9.70. The molecule has 0 bridgehead atoms. The summed E-state index contributed by atoms with van der Waals surface area (Å²) >= 11 is 1.84. The summed E-state index contributed by atoms with van der Waals surface area (Å²) in [6.07, 6.45) is 4.84. The van der Waals surface area contributed by atoms with Crippen molar-refractivity contribution in [2.45, 2.75) is 38.8 Å². The van der Waals surface area contributed by atoms with Crippen molar-refractivity contribution < 1.29 is 4.79 Å². The predicted octanol–water partition coefficient (Wildman–Crippen LogP) is 4.40. The quantitative estimate of drug-likeness (QED) is 0.713. The highest BCUT2D eigenvalue weighted by atomic mass is 32.1. The van der Waals surface area contributed by atoms with Crippen molar-refractivity contribution in [3.05, 3.63) is 52.2 Å². The van der Waals surface area contributed by atoms with Crippen LogP contribution in [0.15, 0.2) is 41.8 Å². The molecule has 0 atom stereocenters. The van der Waals surface area contributed by atoms with Gasteiger partial charge in [-0.25, -0.2) is 4.79 Å². The number of amides is 2. The van der Waals surface area contributed by atoms with Gasteiger partial charge in [0.15, 0.2) is 0 Å². The van der Waals surface area contributed by atoms with E-state index in [-0.39, 0.29) is 6.03 Å². The number of piperidine rings is 1. The number of thiophene rings is 1. The fourth-order valence-corrected chi connectivity index (χ4v) is 5.32. The maximum absolute atomic E-state index is 12.7. The molecule has 30 heavy (non-hydrogen) atoms. The minimum Gasteiger partial charge on any atom is -0.371 e. The number of nitrogens with one attached hydrogen (secondary N) is 1. The van der Waals surface area contributed by atoms with Crippen LogP contribution in [0.3, 0.4) is 0 Å². The largest absolute Gasteiger partial charge is 0.371 e. The number of anilines is 1. The molecule has 0 aliphatic carbocycles. The van der Waals surface area contributed by atoms with Gasteiger partial charge in [-0.05, 0) is 67.8 Å². The van der Waals surface area contributed by atoms with E-state index in [0.29, 0.717) is 12.5 Å². The second kappa shape index (κ2) is 10.3. The zero-order valence-electron chi connectivity index (χ0n) is 18.1. The number of carbonyl (C=O) groups excluding carboxylic acids is 1. The van der Waals surface area contributed by atoms with Gasteiger partial charge >= 0.3 is 6.03 Å². The summed E-state index contributed by atoms with van der Waals surface area (Å²) in [4.78, 5) is 20.9. The van der Waals surface area contributed by atoms with Crippen molar-refractivity contribution in [3.8, 4) is 0 Å². The van der Waals surface area contributed by atoms with Gasteiger partial charge in [0.25, 0.3) is 0 Å². The van der Waals surface area contributed by atoms with Gasteiger partial charge in [-0.3, -0.25) is 4.90 Å². The molecule has 1 N–H and O–H groups in total. The Morgan fingerprint density at radius 2 is 1.87 bits per heavy atom. The smallest absolute Gasteiger partial charge is 0.317 e. The standard InChI is InChI=1S/C24H34N4OS/c1-26(18-21-7-2-3-9-23(21)28-12-4-5-13-28)24(29)25-17-20-10-14-27(15-11-20)19-22-8-6-16-30-22/h2-3,6-9,16,20H,4-5,10-15,17-19H2,1H3,(H,25,29). The first-order valence-electron chi connectivity index (χ1n) is 11.3. The second-order valence-electron chi connectivity index (χ2n) is 8.66. The van der Waals surface area contributed by atoms with E-state index >= 15 is 0 Å². The minimum absolute atomic E-state index is 0.0345. The Balaban J connectivity index is 1.21. The van der Waals surface area contributed by atoms with Gasteiger partial charge in [0.1, 0.15) is 0 Å². The van der Waals surface area contributed by atoms with Gasteiger partial charge in [0.2, 0.25) is 0 Å². The molecule has 2 aliphatic heterocycles. The maximum Gasteiger partial charge on any atom is 0.317 e. The molecule has 1 aromatic carbocycles. The average molecular weight is 427 g/mol. The molecule has 2 fully saturated rings. The van der Waals surface area contributed by atoms with Crippen LogP contribution in [0.5, 0.6) is 0 Å². The van der Waals surface area contributed by atoms with Crippen molar-refractivity contribution in [2.24, 2.45) is 5.92 Å². The molecule has 0 spiro atoms. The van der Waals surface area contributed by atoms with Crippen LogP contribution in [0, 0.1) is 5.92 Å². The lowest BCUT2D eigenvalue weighted by molar-refractivity contribution is 0.171. The molecule has 162 valence electrons. The SMILES string of the molecule is CN(Cc1ccccc1N1CCCC1)C(=O)NCC1CCN(Cc2cccs2)CC1. The molecular weight excluding hydrogens is 392 g/mol. The number of para-hydroxylation sites is 1. The van der Waals surface area contributed by atoms with Gasteiger partial charge in [0.05, 0.1) is 0 Å². The van der Waals surface area contributed by atoms with E-state index in [9.17, 15) is 4.79 Å². The first-order valence-corrected chi connectivity index (χ1v) is 12.1. The lowest BCUT2D eigenvalue weighted by atomic mass is 9.97. The summed E-state index contributed by atoms with van der Waals surface area (Å²) < 4.78 is 0. The van der Waals surface area contributed by atoms with E-state index in [4.69, 9.17) is 0 Å². The maximum atomic E-state index is 12.7. The molecule has 2 aliphatic rings. The van der Waals surface area contributed by atoms with Crippen LogP contribution in [-0.2, 0) is 13.1 Å². The third kappa shape index (κ3) is 5.55.